The van der Waals surface area contributed by atoms with Crippen molar-refractivity contribution in [2.45, 2.75) is 0 Å². The summed E-state index contributed by atoms with van der Waals surface area (Å²) in [4.78, 5) is 0. The molecule has 0 amide bonds. The van der Waals surface area contributed by atoms with Crippen molar-refractivity contribution in [3.8, 4) is 11.1 Å². The fraction of sp³-hybridized carbons (Fsp3) is 0. The van der Waals surface area contributed by atoms with Crippen LogP contribution < -0.4 is 0 Å². The molecule has 0 aliphatic carbocycles. The number of hydrogen-bond acceptors (Lipinski definition) is 0. The Hall–Kier alpha value is -1.37. The van der Waals surface area contributed by atoms with E-state index in [1.54, 1.807) is 0 Å². The van der Waals surface area contributed by atoms with Gasteiger partial charge in [-0.15, -0.1) is 29.8 Å². The molecule has 3 rings (SSSR count). The molecule has 17 heavy (non-hydrogen) atoms. The molecule has 0 saturated carbocycles. The van der Waals surface area contributed by atoms with Crippen molar-refractivity contribution < 1.29 is 21.7 Å². The van der Waals surface area contributed by atoms with Crippen LogP contribution in [0.4, 0.5) is 0 Å². The molecule has 0 heterocycles. The van der Waals surface area contributed by atoms with Crippen LogP contribution >= 0.6 is 0 Å². The molecule has 0 nitrogen and oxygen atoms in total. The van der Waals surface area contributed by atoms with E-state index in [0.717, 1.165) is 0 Å². The Balaban J connectivity index is 0.000000205. The molecule has 0 spiro atoms. The first kappa shape index (κ1) is 13.7. The maximum atomic E-state index is 2.12. The van der Waals surface area contributed by atoms with Crippen molar-refractivity contribution in [1.29, 1.82) is 0 Å². The third-order valence-electron chi connectivity index (χ3n) is 2.33. The van der Waals surface area contributed by atoms with Crippen molar-refractivity contribution in [2.75, 3.05) is 0 Å². The van der Waals surface area contributed by atoms with Crippen LogP contribution in [-0.2, 0) is 21.7 Å². The second kappa shape index (κ2) is 7.83. The molecular formula is C16H14Ti. The second-order valence-electron chi connectivity index (χ2n) is 3.50. The summed E-state index contributed by atoms with van der Waals surface area (Å²) in [7, 11) is 0. The zero-order valence-electron chi connectivity index (χ0n) is 9.58. The van der Waals surface area contributed by atoms with Gasteiger partial charge in [-0.3, -0.25) is 0 Å². The predicted molar refractivity (Wildman–Crippen MR) is 69.5 cm³/mol. The second-order valence-corrected chi connectivity index (χ2v) is 3.50. The third kappa shape index (κ3) is 4.56. The Morgan fingerprint density at radius 1 is 0.706 bits per heavy atom. The quantitative estimate of drug-likeness (QED) is 0.443. The summed E-state index contributed by atoms with van der Waals surface area (Å²) < 4.78 is 0. The summed E-state index contributed by atoms with van der Waals surface area (Å²) in [5.41, 5.74) is 2.59. The molecule has 0 saturated heterocycles. The molecular weight excluding hydrogens is 240 g/mol. The average Bonchev–Trinajstić information content (AvgIpc) is 3.07. The predicted octanol–water partition coefficient (Wildman–Crippen LogP) is 4.48. The number of rotatable bonds is 1. The number of hydrogen-bond donors (Lipinski definition) is 0. The summed E-state index contributed by atoms with van der Waals surface area (Å²) in [5.74, 6) is 0. The Morgan fingerprint density at radius 2 is 1.29 bits per heavy atom. The Morgan fingerprint density at radius 3 is 1.76 bits per heavy atom. The zero-order chi connectivity index (χ0) is 11.1. The van der Waals surface area contributed by atoms with E-state index >= 15 is 0 Å². The monoisotopic (exact) mass is 254 g/mol. The Kier molecular flexibility index (Phi) is 6.31. The molecule has 0 aromatic heterocycles. The van der Waals surface area contributed by atoms with Gasteiger partial charge in [0.05, 0.1) is 0 Å². The van der Waals surface area contributed by atoms with Crippen molar-refractivity contribution in [2.24, 2.45) is 0 Å². The van der Waals surface area contributed by atoms with Crippen LogP contribution in [-0.4, -0.2) is 0 Å². The molecule has 0 unspecified atom stereocenters. The first-order valence-corrected chi connectivity index (χ1v) is 5.40. The molecule has 3 aromatic carbocycles. The van der Waals surface area contributed by atoms with Crippen LogP contribution in [0.2, 0.25) is 0 Å². The summed E-state index contributed by atoms with van der Waals surface area (Å²) in [6, 6.07) is 28.7. The topological polar surface area (TPSA) is 0 Å². The largest absolute Gasteiger partial charge is 2.00 e. The van der Waals surface area contributed by atoms with E-state index in [2.05, 4.69) is 48.5 Å². The van der Waals surface area contributed by atoms with Crippen LogP contribution in [0, 0.1) is 0 Å². The SMILES string of the molecule is [Ti+2].c1cc[cH-]c1.c1ccc(-[c-]2cccc2)cc1. The van der Waals surface area contributed by atoms with Gasteiger partial charge in [0.2, 0.25) is 0 Å². The molecule has 82 valence electrons. The van der Waals surface area contributed by atoms with E-state index in [9.17, 15) is 0 Å². The molecule has 0 aliphatic rings. The zero-order valence-corrected chi connectivity index (χ0v) is 11.1. The van der Waals surface area contributed by atoms with Gasteiger partial charge < -0.3 is 0 Å². The Bertz CT molecular complexity index is 446. The van der Waals surface area contributed by atoms with Crippen molar-refractivity contribution in [3.63, 3.8) is 0 Å². The minimum atomic E-state index is 0. The van der Waals surface area contributed by atoms with Gasteiger partial charge in [-0.1, -0.05) is 23.8 Å². The molecule has 1 heteroatoms. The van der Waals surface area contributed by atoms with Crippen LogP contribution in [0.5, 0.6) is 0 Å². The maximum Gasteiger partial charge on any atom is 2.00 e. The Labute approximate surface area is 118 Å². The first-order valence-electron chi connectivity index (χ1n) is 5.40. The molecule has 0 radical (unpaired) electrons. The van der Waals surface area contributed by atoms with Gasteiger partial charge in [0, 0.05) is 0 Å². The van der Waals surface area contributed by atoms with Crippen LogP contribution in [0.3, 0.4) is 0 Å². The maximum absolute atomic E-state index is 2.12. The van der Waals surface area contributed by atoms with Gasteiger partial charge in [0.1, 0.15) is 0 Å². The molecule has 0 atom stereocenters. The van der Waals surface area contributed by atoms with E-state index < -0.39 is 0 Å². The molecule has 0 aliphatic heterocycles. The molecule has 3 aromatic rings. The van der Waals surface area contributed by atoms with E-state index in [0.29, 0.717) is 0 Å². The molecule has 0 bridgehead atoms. The molecule has 0 fully saturated rings. The van der Waals surface area contributed by atoms with Gasteiger partial charge in [-0.2, -0.15) is 30.3 Å². The summed E-state index contributed by atoms with van der Waals surface area (Å²) in [5, 5.41) is 0. The third-order valence-corrected chi connectivity index (χ3v) is 2.33. The molecule has 0 N–H and O–H groups in total. The summed E-state index contributed by atoms with van der Waals surface area (Å²) in [6.45, 7) is 0. The first-order chi connectivity index (χ1) is 7.97. The van der Waals surface area contributed by atoms with Crippen molar-refractivity contribution in [3.05, 3.63) is 84.9 Å². The van der Waals surface area contributed by atoms with Crippen LogP contribution in [0.25, 0.3) is 11.1 Å². The normalized spacial score (nSPS) is 8.71. The summed E-state index contributed by atoms with van der Waals surface area (Å²) in [6.07, 6.45) is 0. The average molecular weight is 254 g/mol. The van der Waals surface area contributed by atoms with Gasteiger partial charge in [0.15, 0.2) is 0 Å². The minimum Gasteiger partial charge on any atom is -0.214 e. The smallest absolute Gasteiger partial charge is 0.214 e. The standard InChI is InChI=1S/C11H9.C5H5.Ti/c1-2-6-10(7-3-1)11-8-4-5-9-11;1-2-4-5-3-1;/h1-9H;1-5H;/q2*-1;+2. The summed E-state index contributed by atoms with van der Waals surface area (Å²) >= 11 is 0. The van der Waals surface area contributed by atoms with Crippen molar-refractivity contribution in [1.82, 2.24) is 0 Å². The van der Waals surface area contributed by atoms with Crippen LogP contribution in [0.1, 0.15) is 0 Å². The van der Waals surface area contributed by atoms with E-state index in [1.807, 2.05) is 36.4 Å². The minimum absolute atomic E-state index is 0. The van der Waals surface area contributed by atoms with E-state index in [-0.39, 0.29) is 21.7 Å². The van der Waals surface area contributed by atoms with Gasteiger partial charge in [0.25, 0.3) is 0 Å². The fourth-order valence-corrected chi connectivity index (χ4v) is 1.52. The van der Waals surface area contributed by atoms with Gasteiger partial charge in [-0.25, -0.2) is 12.1 Å². The van der Waals surface area contributed by atoms with Crippen LogP contribution in [0.15, 0.2) is 84.9 Å². The fourth-order valence-electron chi connectivity index (χ4n) is 1.52. The van der Waals surface area contributed by atoms with E-state index in [4.69, 9.17) is 0 Å². The van der Waals surface area contributed by atoms with Gasteiger partial charge in [-0.05, 0) is 0 Å². The van der Waals surface area contributed by atoms with Crippen molar-refractivity contribution >= 4 is 0 Å². The van der Waals surface area contributed by atoms with Gasteiger partial charge >= 0.3 is 21.7 Å². The van der Waals surface area contributed by atoms with E-state index in [1.165, 1.54) is 11.1 Å². The number of benzene rings is 1.